The Morgan fingerprint density at radius 2 is 1.40 bits per heavy atom. The predicted octanol–water partition coefficient (Wildman–Crippen LogP) is 6.43. The summed E-state index contributed by atoms with van der Waals surface area (Å²) >= 11 is 0. The summed E-state index contributed by atoms with van der Waals surface area (Å²) in [7, 11) is 0. The second kappa shape index (κ2) is 8.38. The largest absolute Gasteiger partial charge is 0.507 e. The van der Waals surface area contributed by atoms with Crippen molar-refractivity contribution in [1.82, 2.24) is 0 Å². The number of aromatic hydroxyl groups is 1. The average Bonchev–Trinajstić information content (AvgIpc) is 2.38. The second-order valence-electron chi connectivity index (χ2n) is 10.2. The van der Waals surface area contributed by atoms with Crippen LogP contribution in [0.25, 0.3) is 0 Å². The number of phenols is 1. The smallest absolute Gasteiger partial charge is 0.153 e. The van der Waals surface area contributed by atoms with Crippen LogP contribution in [-0.4, -0.2) is 11.4 Å². The molecule has 0 aliphatic carbocycles. The second-order valence-corrected chi connectivity index (χ2v) is 10.2. The van der Waals surface area contributed by atoms with E-state index in [1.165, 1.54) is 0 Å². The van der Waals surface area contributed by atoms with E-state index < -0.39 is 0 Å². The molecular weight excluding hydrogens is 308 g/mol. The Kier molecular flexibility index (Phi) is 7.28. The number of carbonyl (C=O) groups is 1. The van der Waals surface area contributed by atoms with Gasteiger partial charge in [-0.05, 0) is 65.5 Å². The third kappa shape index (κ3) is 7.22. The minimum atomic E-state index is 0.0951. The summed E-state index contributed by atoms with van der Waals surface area (Å²) in [5.74, 6) is 1.41. The van der Waals surface area contributed by atoms with Gasteiger partial charge in [0.1, 0.15) is 5.75 Å². The van der Waals surface area contributed by atoms with Crippen molar-refractivity contribution in [3.8, 4) is 5.75 Å². The van der Waals surface area contributed by atoms with Crippen molar-refractivity contribution in [2.24, 2.45) is 22.7 Å². The SMILES string of the molecule is CC(C)CC(C)(C)Cc1cc(C=O)c(O)c(CC(C)(C)CC(C)C)c1. The molecule has 0 aromatic heterocycles. The van der Waals surface area contributed by atoms with E-state index in [1.807, 2.05) is 6.07 Å². The summed E-state index contributed by atoms with van der Waals surface area (Å²) in [6.45, 7) is 18.0. The standard InChI is InChI=1S/C23H38O2/c1-16(2)11-22(5,6)13-18-9-19(21(25)20(10-18)15-24)14-23(7,8)12-17(3)4/h9-10,15-17,25H,11-14H2,1-8H3. The molecule has 0 aliphatic rings. The summed E-state index contributed by atoms with van der Waals surface area (Å²) in [6.07, 6.45) is 4.72. The topological polar surface area (TPSA) is 37.3 Å². The minimum absolute atomic E-state index is 0.0951. The molecule has 0 saturated heterocycles. The molecule has 2 heteroatoms. The van der Waals surface area contributed by atoms with Crippen molar-refractivity contribution >= 4 is 6.29 Å². The molecule has 0 aliphatic heterocycles. The van der Waals surface area contributed by atoms with Gasteiger partial charge in [0, 0.05) is 0 Å². The van der Waals surface area contributed by atoms with E-state index in [9.17, 15) is 9.90 Å². The van der Waals surface area contributed by atoms with Gasteiger partial charge in [-0.2, -0.15) is 0 Å². The fourth-order valence-electron chi connectivity index (χ4n) is 4.54. The molecule has 0 radical (unpaired) electrons. The van der Waals surface area contributed by atoms with Crippen LogP contribution < -0.4 is 0 Å². The van der Waals surface area contributed by atoms with Gasteiger partial charge in [0.25, 0.3) is 0 Å². The molecule has 0 spiro atoms. The lowest BCUT2D eigenvalue weighted by atomic mass is 9.76. The Balaban J connectivity index is 3.16. The van der Waals surface area contributed by atoms with Crippen LogP contribution in [0, 0.1) is 22.7 Å². The molecular formula is C23H38O2. The average molecular weight is 347 g/mol. The van der Waals surface area contributed by atoms with Crippen LogP contribution in [0.3, 0.4) is 0 Å². The lowest BCUT2D eigenvalue weighted by Gasteiger charge is -2.29. The maximum Gasteiger partial charge on any atom is 0.153 e. The van der Waals surface area contributed by atoms with Crippen LogP contribution in [-0.2, 0) is 12.8 Å². The monoisotopic (exact) mass is 346 g/mol. The third-order valence-electron chi connectivity index (χ3n) is 4.68. The Morgan fingerprint density at radius 1 is 0.920 bits per heavy atom. The van der Waals surface area contributed by atoms with Crippen molar-refractivity contribution in [1.29, 1.82) is 0 Å². The van der Waals surface area contributed by atoms with Gasteiger partial charge in [-0.15, -0.1) is 0 Å². The molecule has 0 fully saturated rings. The Bertz CT molecular complexity index is 580. The van der Waals surface area contributed by atoms with Crippen molar-refractivity contribution in [3.05, 3.63) is 28.8 Å². The summed E-state index contributed by atoms with van der Waals surface area (Å²) < 4.78 is 0. The third-order valence-corrected chi connectivity index (χ3v) is 4.68. The molecule has 1 N–H and O–H groups in total. The van der Waals surface area contributed by atoms with E-state index in [0.717, 1.165) is 43.1 Å². The number of hydrogen-bond donors (Lipinski definition) is 1. The van der Waals surface area contributed by atoms with Crippen LogP contribution >= 0.6 is 0 Å². The molecule has 2 nitrogen and oxygen atoms in total. The first-order chi connectivity index (χ1) is 11.3. The molecule has 0 unspecified atom stereocenters. The molecule has 142 valence electrons. The Morgan fingerprint density at radius 3 is 1.84 bits per heavy atom. The Labute approximate surface area is 155 Å². The van der Waals surface area contributed by atoms with Gasteiger partial charge in [-0.1, -0.05) is 61.5 Å². The van der Waals surface area contributed by atoms with Crippen LogP contribution in [0.5, 0.6) is 5.75 Å². The molecule has 0 saturated carbocycles. The first-order valence-electron chi connectivity index (χ1n) is 9.65. The molecule has 25 heavy (non-hydrogen) atoms. The lowest BCUT2D eigenvalue weighted by Crippen LogP contribution is -2.20. The van der Waals surface area contributed by atoms with Crippen LogP contribution in [0.4, 0.5) is 0 Å². The molecule has 0 heterocycles. The first-order valence-corrected chi connectivity index (χ1v) is 9.65. The molecule has 0 atom stereocenters. The number of hydrogen-bond acceptors (Lipinski definition) is 2. The summed E-state index contributed by atoms with van der Waals surface area (Å²) in [6, 6.07) is 3.98. The summed E-state index contributed by atoms with van der Waals surface area (Å²) in [5, 5.41) is 10.5. The highest BCUT2D eigenvalue weighted by molar-refractivity contribution is 5.80. The van der Waals surface area contributed by atoms with E-state index in [-0.39, 0.29) is 16.6 Å². The number of carbonyl (C=O) groups excluding carboxylic acids is 1. The van der Waals surface area contributed by atoms with Crippen molar-refractivity contribution < 1.29 is 9.90 Å². The number of aldehydes is 1. The van der Waals surface area contributed by atoms with Crippen LogP contribution in [0.15, 0.2) is 12.1 Å². The molecule has 0 amide bonds. The quantitative estimate of drug-likeness (QED) is 0.523. The van der Waals surface area contributed by atoms with Gasteiger partial charge < -0.3 is 5.11 Å². The van der Waals surface area contributed by atoms with Crippen molar-refractivity contribution in [2.45, 2.75) is 81.1 Å². The highest BCUT2D eigenvalue weighted by Crippen LogP contribution is 2.36. The normalized spacial score (nSPS) is 12.9. The lowest BCUT2D eigenvalue weighted by molar-refractivity contribution is 0.112. The van der Waals surface area contributed by atoms with Crippen molar-refractivity contribution in [3.63, 3.8) is 0 Å². The van der Waals surface area contributed by atoms with Crippen LogP contribution in [0.1, 0.15) is 89.7 Å². The van der Waals surface area contributed by atoms with E-state index >= 15 is 0 Å². The van der Waals surface area contributed by atoms with Crippen LogP contribution in [0.2, 0.25) is 0 Å². The highest BCUT2D eigenvalue weighted by Gasteiger charge is 2.25. The van der Waals surface area contributed by atoms with E-state index in [0.29, 0.717) is 17.4 Å². The highest BCUT2D eigenvalue weighted by atomic mass is 16.3. The molecule has 1 aromatic rings. The fraction of sp³-hybridized carbons (Fsp3) is 0.696. The molecule has 1 aromatic carbocycles. The zero-order valence-corrected chi connectivity index (χ0v) is 17.6. The number of phenolic OH excluding ortho intramolecular Hbond substituents is 1. The van der Waals surface area contributed by atoms with E-state index in [1.54, 1.807) is 0 Å². The fourth-order valence-corrected chi connectivity index (χ4v) is 4.54. The summed E-state index contributed by atoms with van der Waals surface area (Å²) in [5.41, 5.74) is 2.76. The predicted molar refractivity (Wildman–Crippen MR) is 107 cm³/mol. The van der Waals surface area contributed by atoms with Gasteiger partial charge in [-0.25, -0.2) is 0 Å². The zero-order valence-electron chi connectivity index (χ0n) is 17.6. The van der Waals surface area contributed by atoms with E-state index in [2.05, 4.69) is 61.5 Å². The minimum Gasteiger partial charge on any atom is -0.507 e. The van der Waals surface area contributed by atoms with Crippen molar-refractivity contribution in [2.75, 3.05) is 0 Å². The number of rotatable bonds is 9. The first kappa shape index (κ1) is 21.7. The molecule has 1 rings (SSSR count). The van der Waals surface area contributed by atoms with Gasteiger partial charge >= 0.3 is 0 Å². The van der Waals surface area contributed by atoms with Gasteiger partial charge in [0.2, 0.25) is 0 Å². The number of benzene rings is 1. The molecule has 0 bridgehead atoms. The van der Waals surface area contributed by atoms with Gasteiger partial charge in [-0.3, -0.25) is 4.79 Å². The van der Waals surface area contributed by atoms with Gasteiger partial charge in [0.15, 0.2) is 6.29 Å². The zero-order chi connectivity index (χ0) is 19.4. The maximum absolute atomic E-state index is 11.5. The summed E-state index contributed by atoms with van der Waals surface area (Å²) in [4.78, 5) is 11.5. The maximum atomic E-state index is 11.5. The van der Waals surface area contributed by atoms with Gasteiger partial charge in [0.05, 0.1) is 5.56 Å². The Hall–Kier alpha value is -1.31. The van der Waals surface area contributed by atoms with E-state index in [4.69, 9.17) is 0 Å².